The molecule has 1 heterocycles. The van der Waals surface area contributed by atoms with Gasteiger partial charge in [0.15, 0.2) is 0 Å². The summed E-state index contributed by atoms with van der Waals surface area (Å²) in [4.78, 5) is 18.9. The lowest BCUT2D eigenvalue weighted by Gasteiger charge is -2.37. The molecule has 0 aromatic heterocycles. The number of Topliss-reactive ketones (excluding diaryl/α,β-unsaturated/α-hetero) is 1. The van der Waals surface area contributed by atoms with Crippen LogP contribution < -0.4 is 0 Å². The molecule has 0 aromatic rings. The standard InChI is InChI=1S/C13H25N3O/c1-14(2)6-7-15-8-10-16(11-9-15)12-4-3-5-13(12)17/h12H,3-11H2,1-2H3. The summed E-state index contributed by atoms with van der Waals surface area (Å²) >= 11 is 0. The van der Waals surface area contributed by atoms with Crippen LogP contribution in [0, 0.1) is 0 Å². The van der Waals surface area contributed by atoms with Crippen LogP contribution in [0.1, 0.15) is 19.3 Å². The summed E-state index contributed by atoms with van der Waals surface area (Å²) in [6.45, 7) is 6.67. The number of rotatable bonds is 4. The van der Waals surface area contributed by atoms with Crippen LogP contribution in [0.15, 0.2) is 0 Å². The fourth-order valence-corrected chi connectivity index (χ4v) is 2.82. The first-order chi connectivity index (χ1) is 8.16. The summed E-state index contributed by atoms with van der Waals surface area (Å²) in [6.07, 6.45) is 3.01. The molecule has 1 unspecified atom stereocenters. The molecule has 17 heavy (non-hydrogen) atoms. The highest BCUT2D eigenvalue weighted by Crippen LogP contribution is 2.21. The van der Waals surface area contributed by atoms with E-state index in [1.165, 1.54) is 0 Å². The minimum absolute atomic E-state index is 0.256. The predicted octanol–water partition coefficient (Wildman–Crippen LogP) is 0.287. The first-order valence-corrected chi connectivity index (χ1v) is 6.80. The Labute approximate surface area is 105 Å². The van der Waals surface area contributed by atoms with Gasteiger partial charge in [-0.3, -0.25) is 14.6 Å². The lowest BCUT2D eigenvalue weighted by atomic mass is 10.1. The minimum Gasteiger partial charge on any atom is -0.308 e. The molecule has 2 fully saturated rings. The topological polar surface area (TPSA) is 26.8 Å². The van der Waals surface area contributed by atoms with Crippen LogP contribution in [-0.4, -0.2) is 79.9 Å². The average molecular weight is 239 g/mol. The molecule has 2 rings (SSSR count). The van der Waals surface area contributed by atoms with Gasteiger partial charge in [0.2, 0.25) is 0 Å². The Bertz CT molecular complexity index is 259. The van der Waals surface area contributed by atoms with E-state index in [0.29, 0.717) is 5.78 Å². The van der Waals surface area contributed by atoms with Crippen LogP contribution in [0.25, 0.3) is 0 Å². The van der Waals surface area contributed by atoms with E-state index in [0.717, 1.165) is 58.5 Å². The monoisotopic (exact) mass is 239 g/mol. The van der Waals surface area contributed by atoms with Gasteiger partial charge in [-0.1, -0.05) is 0 Å². The quantitative estimate of drug-likeness (QED) is 0.704. The molecule has 0 spiro atoms. The van der Waals surface area contributed by atoms with Crippen LogP contribution in [0.2, 0.25) is 0 Å². The maximum Gasteiger partial charge on any atom is 0.149 e. The highest BCUT2D eigenvalue weighted by Gasteiger charge is 2.31. The number of piperazine rings is 1. The second-order valence-corrected chi connectivity index (χ2v) is 5.56. The average Bonchev–Trinajstić information content (AvgIpc) is 2.73. The Hall–Kier alpha value is -0.450. The molecule has 0 N–H and O–H groups in total. The number of carbonyl (C=O) groups is 1. The largest absolute Gasteiger partial charge is 0.308 e. The molecule has 1 aliphatic carbocycles. The maximum absolute atomic E-state index is 11.7. The molecule has 4 heteroatoms. The van der Waals surface area contributed by atoms with Crippen LogP contribution in [-0.2, 0) is 4.79 Å². The van der Waals surface area contributed by atoms with Gasteiger partial charge in [-0.2, -0.15) is 0 Å². The number of ketones is 1. The summed E-state index contributed by atoms with van der Waals surface area (Å²) < 4.78 is 0. The van der Waals surface area contributed by atoms with Crippen molar-refractivity contribution in [2.24, 2.45) is 0 Å². The lowest BCUT2D eigenvalue weighted by Crippen LogP contribution is -2.52. The number of carbonyl (C=O) groups excluding carboxylic acids is 1. The van der Waals surface area contributed by atoms with Crippen LogP contribution in [0.4, 0.5) is 0 Å². The fraction of sp³-hybridized carbons (Fsp3) is 0.923. The van der Waals surface area contributed by atoms with E-state index in [4.69, 9.17) is 0 Å². The Morgan fingerprint density at radius 1 is 1.24 bits per heavy atom. The molecule has 0 amide bonds. The molecule has 1 atom stereocenters. The van der Waals surface area contributed by atoms with E-state index >= 15 is 0 Å². The van der Waals surface area contributed by atoms with Crippen molar-refractivity contribution in [1.29, 1.82) is 0 Å². The van der Waals surface area contributed by atoms with Crippen LogP contribution in [0.5, 0.6) is 0 Å². The summed E-state index contributed by atoms with van der Waals surface area (Å²) in [5, 5.41) is 0. The molecular weight excluding hydrogens is 214 g/mol. The second-order valence-electron chi connectivity index (χ2n) is 5.56. The first-order valence-electron chi connectivity index (χ1n) is 6.80. The predicted molar refractivity (Wildman–Crippen MR) is 69.2 cm³/mol. The molecule has 2 aliphatic rings. The summed E-state index contributed by atoms with van der Waals surface area (Å²) in [6, 6.07) is 0.256. The van der Waals surface area contributed by atoms with Gasteiger partial charge in [0, 0.05) is 45.7 Å². The highest BCUT2D eigenvalue weighted by molar-refractivity contribution is 5.85. The normalized spacial score (nSPS) is 28.2. The molecule has 4 nitrogen and oxygen atoms in total. The second kappa shape index (κ2) is 5.94. The summed E-state index contributed by atoms with van der Waals surface area (Å²) in [5.74, 6) is 0.478. The van der Waals surface area contributed by atoms with Crippen LogP contribution >= 0.6 is 0 Å². The van der Waals surface area contributed by atoms with Gasteiger partial charge < -0.3 is 4.90 Å². The van der Waals surface area contributed by atoms with Gasteiger partial charge in [0.1, 0.15) is 5.78 Å². The zero-order valence-electron chi connectivity index (χ0n) is 11.2. The molecule has 1 saturated heterocycles. The molecule has 98 valence electrons. The zero-order chi connectivity index (χ0) is 12.3. The Kier molecular flexibility index (Phi) is 4.54. The Morgan fingerprint density at radius 3 is 2.47 bits per heavy atom. The van der Waals surface area contributed by atoms with E-state index < -0.39 is 0 Å². The molecular formula is C13H25N3O. The van der Waals surface area contributed by atoms with Crippen molar-refractivity contribution in [3.63, 3.8) is 0 Å². The first kappa shape index (κ1) is 13.0. The van der Waals surface area contributed by atoms with E-state index in [-0.39, 0.29) is 6.04 Å². The molecule has 0 bridgehead atoms. The van der Waals surface area contributed by atoms with Gasteiger partial charge in [0.25, 0.3) is 0 Å². The lowest BCUT2D eigenvalue weighted by molar-refractivity contribution is -0.122. The Balaban J connectivity index is 1.72. The van der Waals surface area contributed by atoms with E-state index in [1.54, 1.807) is 0 Å². The van der Waals surface area contributed by atoms with Gasteiger partial charge in [0.05, 0.1) is 6.04 Å². The van der Waals surface area contributed by atoms with Crippen molar-refractivity contribution in [1.82, 2.24) is 14.7 Å². The SMILES string of the molecule is CN(C)CCN1CCN(C2CCCC2=O)CC1. The molecule has 1 saturated carbocycles. The third-order valence-corrected chi connectivity index (χ3v) is 3.98. The Morgan fingerprint density at radius 2 is 1.94 bits per heavy atom. The van der Waals surface area contributed by atoms with E-state index in [1.807, 2.05) is 0 Å². The van der Waals surface area contributed by atoms with Gasteiger partial charge in [-0.15, -0.1) is 0 Å². The van der Waals surface area contributed by atoms with Crippen molar-refractivity contribution < 1.29 is 4.79 Å². The minimum atomic E-state index is 0.256. The zero-order valence-corrected chi connectivity index (χ0v) is 11.2. The summed E-state index contributed by atoms with van der Waals surface area (Å²) in [5.41, 5.74) is 0. The number of nitrogens with zero attached hydrogens (tertiary/aromatic N) is 3. The number of hydrogen-bond acceptors (Lipinski definition) is 4. The van der Waals surface area contributed by atoms with Crippen LogP contribution in [0.3, 0.4) is 0 Å². The van der Waals surface area contributed by atoms with Gasteiger partial charge in [-0.25, -0.2) is 0 Å². The molecule has 0 aromatic carbocycles. The summed E-state index contributed by atoms with van der Waals surface area (Å²) in [7, 11) is 4.24. The highest BCUT2D eigenvalue weighted by atomic mass is 16.1. The third-order valence-electron chi connectivity index (χ3n) is 3.98. The fourth-order valence-electron chi connectivity index (χ4n) is 2.82. The third kappa shape index (κ3) is 3.50. The number of hydrogen-bond donors (Lipinski definition) is 0. The van der Waals surface area contributed by atoms with Crippen molar-refractivity contribution in [2.45, 2.75) is 25.3 Å². The van der Waals surface area contributed by atoms with Gasteiger partial charge in [-0.05, 0) is 26.9 Å². The van der Waals surface area contributed by atoms with E-state index in [9.17, 15) is 4.79 Å². The van der Waals surface area contributed by atoms with Crippen molar-refractivity contribution in [3.8, 4) is 0 Å². The molecule has 1 aliphatic heterocycles. The molecule has 0 radical (unpaired) electrons. The van der Waals surface area contributed by atoms with Crippen molar-refractivity contribution in [3.05, 3.63) is 0 Å². The number of likely N-dealkylation sites (N-methyl/N-ethyl adjacent to an activating group) is 1. The van der Waals surface area contributed by atoms with Crippen molar-refractivity contribution in [2.75, 3.05) is 53.4 Å². The van der Waals surface area contributed by atoms with Gasteiger partial charge >= 0.3 is 0 Å². The van der Waals surface area contributed by atoms with E-state index in [2.05, 4.69) is 28.8 Å². The van der Waals surface area contributed by atoms with Crippen molar-refractivity contribution >= 4 is 5.78 Å². The maximum atomic E-state index is 11.7. The smallest absolute Gasteiger partial charge is 0.149 e.